The van der Waals surface area contributed by atoms with Gasteiger partial charge in [-0.3, -0.25) is 4.79 Å². The van der Waals surface area contributed by atoms with Gasteiger partial charge in [0, 0.05) is 18.4 Å². The fourth-order valence-corrected chi connectivity index (χ4v) is 7.67. The standard InChI is InChI=1S/C19H25NO3S/c1-18(2)15-8-10-19(18,17(21)12-15)13-24(22,23)20-11-9-16(20)14-6-4-3-5-7-14/h3-7,15-16H,8-13H2,1-2H3. The molecule has 1 aromatic rings. The van der Waals surface area contributed by atoms with Crippen LogP contribution in [0.15, 0.2) is 30.3 Å². The number of carbonyl (C=O) groups excluding carboxylic acids is 1. The third-order valence-corrected chi connectivity index (χ3v) is 9.09. The predicted octanol–water partition coefficient (Wildman–Crippen LogP) is 3.16. The molecule has 1 aliphatic heterocycles. The molecule has 0 amide bonds. The monoisotopic (exact) mass is 347 g/mol. The van der Waals surface area contributed by atoms with E-state index in [2.05, 4.69) is 13.8 Å². The summed E-state index contributed by atoms with van der Waals surface area (Å²) >= 11 is 0. The van der Waals surface area contributed by atoms with Crippen molar-refractivity contribution in [1.82, 2.24) is 4.31 Å². The van der Waals surface area contributed by atoms with Crippen molar-refractivity contribution in [1.29, 1.82) is 0 Å². The Bertz CT molecular complexity index is 771. The Hall–Kier alpha value is -1.20. The first kappa shape index (κ1) is 16.3. The molecule has 3 unspecified atom stereocenters. The lowest BCUT2D eigenvalue weighted by Gasteiger charge is -2.43. The largest absolute Gasteiger partial charge is 0.299 e. The van der Waals surface area contributed by atoms with E-state index in [0.29, 0.717) is 18.9 Å². The minimum atomic E-state index is -3.44. The molecular formula is C19H25NO3S. The number of benzene rings is 1. The van der Waals surface area contributed by atoms with E-state index in [1.54, 1.807) is 4.31 Å². The van der Waals surface area contributed by atoms with Crippen LogP contribution in [-0.4, -0.2) is 30.8 Å². The quantitative estimate of drug-likeness (QED) is 0.841. The lowest BCUT2D eigenvalue weighted by Crippen LogP contribution is -2.51. The molecule has 4 rings (SSSR count). The second-order valence-electron chi connectivity index (χ2n) is 8.25. The van der Waals surface area contributed by atoms with Gasteiger partial charge < -0.3 is 0 Å². The molecule has 1 heterocycles. The highest BCUT2D eigenvalue weighted by Gasteiger charge is 2.66. The molecule has 0 spiro atoms. The first-order valence-electron chi connectivity index (χ1n) is 8.86. The molecule has 4 nitrogen and oxygen atoms in total. The molecule has 3 fully saturated rings. The maximum Gasteiger partial charge on any atom is 0.215 e. The number of hydrogen-bond donors (Lipinski definition) is 0. The average Bonchev–Trinajstić information content (AvgIpc) is 2.80. The summed E-state index contributed by atoms with van der Waals surface area (Å²) in [4.78, 5) is 12.6. The van der Waals surface area contributed by atoms with Gasteiger partial charge in [0.05, 0.1) is 11.8 Å². The van der Waals surface area contributed by atoms with Crippen LogP contribution >= 0.6 is 0 Å². The van der Waals surface area contributed by atoms with Gasteiger partial charge in [0.2, 0.25) is 10.0 Å². The molecule has 0 N–H and O–H groups in total. The van der Waals surface area contributed by atoms with Crippen LogP contribution in [0.3, 0.4) is 0 Å². The molecule has 2 saturated carbocycles. The lowest BCUT2D eigenvalue weighted by molar-refractivity contribution is -0.128. The Balaban J connectivity index is 1.62. The van der Waals surface area contributed by atoms with Crippen LogP contribution in [0.25, 0.3) is 0 Å². The summed E-state index contributed by atoms with van der Waals surface area (Å²) in [6, 6.07) is 9.74. The van der Waals surface area contributed by atoms with Gasteiger partial charge in [-0.25, -0.2) is 8.42 Å². The van der Waals surface area contributed by atoms with Crippen LogP contribution in [0.1, 0.15) is 51.1 Å². The van der Waals surface area contributed by atoms with E-state index in [1.807, 2.05) is 30.3 Å². The molecule has 0 aromatic heterocycles. The Morgan fingerprint density at radius 1 is 1.17 bits per heavy atom. The van der Waals surface area contributed by atoms with Crippen LogP contribution < -0.4 is 0 Å². The molecule has 5 heteroatoms. The van der Waals surface area contributed by atoms with Crippen LogP contribution in [0.2, 0.25) is 0 Å². The van der Waals surface area contributed by atoms with Crippen molar-refractivity contribution in [2.24, 2.45) is 16.7 Å². The molecule has 24 heavy (non-hydrogen) atoms. The summed E-state index contributed by atoms with van der Waals surface area (Å²) in [5, 5.41) is 0. The fraction of sp³-hybridized carbons (Fsp3) is 0.632. The smallest absolute Gasteiger partial charge is 0.215 e. The summed E-state index contributed by atoms with van der Waals surface area (Å²) in [6.45, 7) is 4.75. The van der Waals surface area contributed by atoms with Crippen molar-refractivity contribution in [3.05, 3.63) is 35.9 Å². The van der Waals surface area contributed by atoms with Crippen LogP contribution in [-0.2, 0) is 14.8 Å². The third-order valence-electron chi connectivity index (χ3n) is 7.08. The highest BCUT2D eigenvalue weighted by Crippen LogP contribution is 2.64. The minimum Gasteiger partial charge on any atom is -0.299 e. The van der Waals surface area contributed by atoms with Crippen molar-refractivity contribution in [2.75, 3.05) is 12.3 Å². The average molecular weight is 347 g/mol. The van der Waals surface area contributed by atoms with Crippen molar-refractivity contribution >= 4 is 15.8 Å². The number of nitrogens with zero attached hydrogens (tertiary/aromatic N) is 1. The topological polar surface area (TPSA) is 54.5 Å². The molecule has 2 aliphatic carbocycles. The van der Waals surface area contributed by atoms with Crippen molar-refractivity contribution in [2.45, 2.75) is 45.6 Å². The van der Waals surface area contributed by atoms with E-state index in [-0.39, 0.29) is 23.0 Å². The van der Waals surface area contributed by atoms with E-state index >= 15 is 0 Å². The molecule has 2 bridgehead atoms. The fourth-order valence-electron chi connectivity index (χ4n) is 5.21. The van der Waals surface area contributed by atoms with Gasteiger partial charge in [0.25, 0.3) is 0 Å². The second kappa shape index (κ2) is 5.15. The molecule has 1 saturated heterocycles. The van der Waals surface area contributed by atoms with Gasteiger partial charge >= 0.3 is 0 Å². The van der Waals surface area contributed by atoms with E-state index in [1.165, 1.54) is 0 Å². The van der Waals surface area contributed by atoms with Gasteiger partial charge in [-0.15, -0.1) is 0 Å². The van der Waals surface area contributed by atoms with E-state index in [0.717, 1.165) is 24.8 Å². The second-order valence-corrected chi connectivity index (χ2v) is 10.2. The zero-order valence-corrected chi connectivity index (χ0v) is 15.2. The summed E-state index contributed by atoms with van der Waals surface area (Å²) in [6.07, 6.45) is 3.13. The van der Waals surface area contributed by atoms with Gasteiger partial charge in [-0.1, -0.05) is 44.2 Å². The zero-order valence-electron chi connectivity index (χ0n) is 14.4. The van der Waals surface area contributed by atoms with Crippen LogP contribution in [0.4, 0.5) is 0 Å². The SMILES string of the molecule is CC1(C)C2CCC1(CS(=O)(=O)N1CCC1c1ccccc1)C(=O)C2. The van der Waals surface area contributed by atoms with Gasteiger partial charge in [0.15, 0.2) is 0 Å². The molecule has 130 valence electrons. The number of ketones is 1. The van der Waals surface area contributed by atoms with Crippen molar-refractivity contribution < 1.29 is 13.2 Å². The Kier molecular flexibility index (Phi) is 3.49. The summed E-state index contributed by atoms with van der Waals surface area (Å²) in [7, 11) is -3.44. The number of carbonyl (C=O) groups is 1. The predicted molar refractivity (Wildman–Crippen MR) is 92.9 cm³/mol. The lowest BCUT2D eigenvalue weighted by atomic mass is 9.70. The van der Waals surface area contributed by atoms with Crippen molar-refractivity contribution in [3.63, 3.8) is 0 Å². The highest BCUT2D eigenvalue weighted by atomic mass is 32.2. The van der Waals surface area contributed by atoms with E-state index in [9.17, 15) is 13.2 Å². The number of hydrogen-bond acceptors (Lipinski definition) is 3. The Morgan fingerprint density at radius 2 is 1.88 bits per heavy atom. The molecule has 3 aliphatic rings. The molecule has 3 atom stereocenters. The normalized spacial score (nSPS) is 35.2. The van der Waals surface area contributed by atoms with Gasteiger partial charge in [0.1, 0.15) is 5.78 Å². The van der Waals surface area contributed by atoms with Gasteiger partial charge in [-0.2, -0.15) is 4.31 Å². The van der Waals surface area contributed by atoms with Gasteiger partial charge in [-0.05, 0) is 36.2 Å². The first-order chi connectivity index (χ1) is 11.3. The Labute approximate surface area is 144 Å². The highest BCUT2D eigenvalue weighted by molar-refractivity contribution is 7.89. The van der Waals surface area contributed by atoms with Crippen molar-refractivity contribution in [3.8, 4) is 0 Å². The zero-order chi connectivity index (χ0) is 17.2. The summed E-state index contributed by atoms with van der Waals surface area (Å²) < 4.78 is 27.9. The number of sulfonamides is 1. The van der Waals surface area contributed by atoms with E-state index in [4.69, 9.17) is 0 Å². The maximum atomic E-state index is 13.1. The Morgan fingerprint density at radius 3 is 2.38 bits per heavy atom. The number of rotatable bonds is 4. The molecular weight excluding hydrogens is 322 g/mol. The number of fused-ring (bicyclic) bond motifs is 2. The van der Waals surface area contributed by atoms with Crippen LogP contribution in [0.5, 0.6) is 0 Å². The molecule has 1 aromatic carbocycles. The summed E-state index contributed by atoms with van der Waals surface area (Å²) in [5.41, 5.74) is 0.170. The molecule has 0 radical (unpaired) electrons. The minimum absolute atomic E-state index is 0.00827. The number of Topliss-reactive ketones (excluding diaryl/α,β-unsaturated/α-hetero) is 1. The van der Waals surface area contributed by atoms with E-state index < -0.39 is 15.4 Å². The third kappa shape index (κ3) is 2.07. The van der Waals surface area contributed by atoms with Crippen LogP contribution in [0, 0.1) is 16.7 Å². The summed E-state index contributed by atoms with van der Waals surface area (Å²) in [5.74, 6) is 0.511. The maximum absolute atomic E-state index is 13.1. The first-order valence-corrected chi connectivity index (χ1v) is 10.5.